The number of hydrogen-bond donors (Lipinski definition) is 6. The Balaban J connectivity index is -0.000000264. The van der Waals surface area contributed by atoms with Crippen LogP contribution >= 0.6 is 0 Å². The summed E-state index contributed by atoms with van der Waals surface area (Å²) in [4.78, 5) is 9.49. The topological polar surface area (TPSA) is 157 Å². The van der Waals surface area contributed by atoms with Gasteiger partial charge < -0.3 is 40.1 Å². The Bertz CT molecular complexity index is 233. The molecule has 0 aromatic heterocycles. The Morgan fingerprint density at radius 3 is 1.61 bits per heavy atom. The van der Waals surface area contributed by atoms with E-state index >= 15 is 0 Å². The van der Waals surface area contributed by atoms with E-state index in [2.05, 4.69) is 16.1 Å². The predicted octanol–water partition coefficient (Wildman–Crippen LogP) is -0.786. The summed E-state index contributed by atoms with van der Waals surface area (Å²) in [5.74, 6) is 0. The van der Waals surface area contributed by atoms with Crippen molar-refractivity contribution in [2.24, 2.45) is 5.41 Å². The van der Waals surface area contributed by atoms with Crippen LogP contribution in [0.15, 0.2) is 12.7 Å². The van der Waals surface area contributed by atoms with Gasteiger partial charge in [-0.25, -0.2) is 4.79 Å². The first kappa shape index (κ1) is 26.7. The van der Waals surface area contributed by atoms with Crippen LogP contribution in [-0.2, 0) is 9.47 Å². The van der Waals surface area contributed by atoms with E-state index in [0.29, 0.717) is 19.6 Å². The number of ether oxygens (including phenoxy) is 2. The summed E-state index contributed by atoms with van der Waals surface area (Å²) in [7, 11) is 0. The molecule has 0 aromatic rings. The third-order valence-corrected chi connectivity index (χ3v) is 2.55. The van der Waals surface area contributed by atoms with Crippen molar-refractivity contribution in [3.05, 3.63) is 12.7 Å². The van der Waals surface area contributed by atoms with E-state index in [1.54, 1.807) is 0 Å². The first-order valence-electron chi connectivity index (χ1n) is 7.02. The lowest BCUT2D eigenvalue weighted by molar-refractivity contribution is 0.00304. The second kappa shape index (κ2) is 20.8. The highest BCUT2D eigenvalue weighted by molar-refractivity contribution is 5.56. The van der Waals surface area contributed by atoms with Crippen LogP contribution in [0.25, 0.3) is 0 Å². The van der Waals surface area contributed by atoms with E-state index in [9.17, 15) is 4.79 Å². The molecule has 23 heavy (non-hydrogen) atoms. The zero-order chi connectivity index (χ0) is 18.6. The summed E-state index contributed by atoms with van der Waals surface area (Å²) in [6.07, 6.45) is 0.699. The monoisotopic (exact) mass is 342 g/mol. The third kappa shape index (κ3) is 20.8. The summed E-state index contributed by atoms with van der Waals surface area (Å²) in [6.45, 7) is 5.36. The second-order valence-corrected chi connectivity index (χ2v) is 4.25. The van der Waals surface area contributed by atoms with Crippen molar-refractivity contribution in [2.45, 2.75) is 13.3 Å². The zero-order valence-electron chi connectivity index (χ0n) is 13.6. The van der Waals surface area contributed by atoms with Gasteiger partial charge in [-0.15, -0.1) is 0 Å². The Hall–Kier alpha value is -1.23. The van der Waals surface area contributed by atoms with Crippen molar-refractivity contribution in [3.8, 4) is 0 Å². The molecule has 9 nitrogen and oxygen atoms in total. The van der Waals surface area contributed by atoms with Crippen molar-refractivity contribution in [2.75, 3.05) is 52.9 Å². The molecule has 0 unspecified atom stereocenters. The molecule has 140 valence electrons. The van der Waals surface area contributed by atoms with Gasteiger partial charge in [-0.1, -0.05) is 19.6 Å². The van der Waals surface area contributed by atoms with E-state index in [-0.39, 0.29) is 39.6 Å². The Morgan fingerprint density at radius 1 is 1.04 bits per heavy atom. The molecule has 0 saturated carbocycles. The number of carboxylic acid groups (broad SMARTS) is 1. The first-order valence-corrected chi connectivity index (χ1v) is 7.02. The van der Waals surface area contributed by atoms with Crippen LogP contribution < -0.4 is 0 Å². The van der Waals surface area contributed by atoms with Crippen molar-refractivity contribution in [3.63, 3.8) is 0 Å². The van der Waals surface area contributed by atoms with E-state index in [4.69, 9.17) is 30.6 Å². The molecule has 0 spiro atoms. The molecule has 0 bridgehead atoms. The van der Waals surface area contributed by atoms with Crippen molar-refractivity contribution < 1.29 is 44.9 Å². The van der Waals surface area contributed by atoms with Crippen LogP contribution in [0, 0.1) is 5.41 Å². The lowest BCUT2D eigenvalue weighted by atomic mass is 9.88. The maximum absolute atomic E-state index is 9.49. The number of carbonyl (C=O) groups is 1. The molecule has 9 heteroatoms. The minimum Gasteiger partial charge on any atom is -0.450 e. The van der Waals surface area contributed by atoms with Crippen LogP contribution in [0.5, 0.6) is 0 Å². The SMILES string of the molecule is C=CCOC(=O)O.CCC(CO)(CO)CO.OCCOCCO. The fraction of sp³-hybridized carbons (Fsp3) is 0.786. The van der Waals surface area contributed by atoms with E-state index in [0.717, 1.165) is 0 Å². The van der Waals surface area contributed by atoms with E-state index in [1.165, 1.54) is 6.08 Å². The maximum Gasteiger partial charge on any atom is 0.506 e. The van der Waals surface area contributed by atoms with Gasteiger partial charge in [0.2, 0.25) is 0 Å². The zero-order valence-corrected chi connectivity index (χ0v) is 13.6. The van der Waals surface area contributed by atoms with Crippen molar-refractivity contribution >= 4 is 6.16 Å². The van der Waals surface area contributed by atoms with Crippen molar-refractivity contribution in [1.29, 1.82) is 0 Å². The Kier molecular flexibility index (Phi) is 24.1. The molecule has 0 saturated heterocycles. The molecule has 0 radical (unpaired) electrons. The Morgan fingerprint density at radius 2 is 1.48 bits per heavy atom. The predicted molar refractivity (Wildman–Crippen MR) is 83.1 cm³/mol. The van der Waals surface area contributed by atoms with Crippen LogP contribution in [-0.4, -0.2) is 89.6 Å². The lowest BCUT2D eigenvalue weighted by Gasteiger charge is -2.24. The molecule has 0 aromatic carbocycles. The van der Waals surface area contributed by atoms with Gasteiger partial charge in [0, 0.05) is 5.41 Å². The molecule has 0 amide bonds. The average molecular weight is 342 g/mol. The van der Waals surface area contributed by atoms with Gasteiger partial charge in [-0.2, -0.15) is 0 Å². The highest BCUT2D eigenvalue weighted by Crippen LogP contribution is 2.18. The first-order chi connectivity index (χ1) is 10.9. The van der Waals surface area contributed by atoms with Crippen molar-refractivity contribution in [1.82, 2.24) is 0 Å². The molecule has 0 rings (SSSR count). The molecule has 6 N–H and O–H groups in total. The molecule has 0 atom stereocenters. The fourth-order valence-electron chi connectivity index (χ4n) is 0.847. The number of hydrogen-bond acceptors (Lipinski definition) is 8. The van der Waals surface area contributed by atoms with Crippen LogP contribution in [0.3, 0.4) is 0 Å². The van der Waals surface area contributed by atoms with Gasteiger partial charge in [-0.05, 0) is 6.42 Å². The molecular weight excluding hydrogens is 312 g/mol. The molecule has 0 aliphatic carbocycles. The maximum atomic E-state index is 9.49. The summed E-state index contributed by atoms with van der Waals surface area (Å²) in [5.41, 5.74) is -0.667. The highest BCUT2D eigenvalue weighted by Gasteiger charge is 2.24. The van der Waals surface area contributed by atoms with Gasteiger partial charge in [-0.3, -0.25) is 0 Å². The lowest BCUT2D eigenvalue weighted by Crippen LogP contribution is -2.32. The van der Waals surface area contributed by atoms with Gasteiger partial charge in [0.25, 0.3) is 0 Å². The number of aliphatic hydroxyl groups is 5. The average Bonchev–Trinajstić information content (AvgIpc) is 2.57. The molecule has 0 heterocycles. The molecule has 0 fully saturated rings. The van der Waals surface area contributed by atoms with Crippen LogP contribution in [0.4, 0.5) is 4.79 Å². The minimum absolute atomic E-state index is 0.0278. The minimum atomic E-state index is -1.26. The van der Waals surface area contributed by atoms with Gasteiger partial charge in [0.1, 0.15) is 6.61 Å². The number of aliphatic hydroxyl groups excluding tert-OH is 5. The molecule has 0 aliphatic rings. The molecular formula is C14H30O9. The summed E-state index contributed by atoms with van der Waals surface area (Å²) in [6, 6.07) is 0. The highest BCUT2D eigenvalue weighted by atomic mass is 16.7. The van der Waals surface area contributed by atoms with Gasteiger partial charge in [0.05, 0.1) is 46.2 Å². The Labute approximate surface area is 136 Å². The summed E-state index contributed by atoms with van der Waals surface area (Å²) >= 11 is 0. The van der Waals surface area contributed by atoms with Crippen LogP contribution in [0.2, 0.25) is 0 Å². The fourth-order valence-corrected chi connectivity index (χ4v) is 0.847. The van der Waals surface area contributed by atoms with E-state index < -0.39 is 11.6 Å². The second-order valence-electron chi connectivity index (χ2n) is 4.25. The summed E-state index contributed by atoms with van der Waals surface area (Å²) < 4.78 is 8.62. The largest absolute Gasteiger partial charge is 0.506 e. The van der Waals surface area contributed by atoms with E-state index in [1.807, 2.05) is 6.92 Å². The normalized spacial score (nSPS) is 9.83. The third-order valence-electron chi connectivity index (χ3n) is 2.55. The van der Waals surface area contributed by atoms with Gasteiger partial charge in [0.15, 0.2) is 0 Å². The quantitative estimate of drug-likeness (QED) is 0.170. The van der Waals surface area contributed by atoms with Gasteiger partial charge >= 0.3 is 6.16 Å². The number of rotatable bonds is 10. The van der Waals surface area contributed by atoms with Crippen LogP contribution in [0.1, 0.15) is 13.3 Å². The standard InChI is InChI=1S/C6H14O3.C4H10O3.C4H6O3/c1-2-6(3-7,4-8)5-9;5-1-3-7-4-2-6;1-2-3-7-4(5)6/h7-9H,2-5H2,1H3;5-6H,1-4H2;2H,1,3H2,(H,5,6). The molecule has 0 aliphatic heterocycles. The smallest absolute Gasteiger partial charge is 0.450 e. The summed E-state index contributed by atoms with van der Waals surface area (Å²) in [5, 5.41) is 49.9.